The van der Waals surface area contributed by atoms with Gasteiger partial charge in [-0.1, -0.05) is 27.5 Å². The van der Waals surface area contributed by atoms with E-state index in [0.717, 1.165) is 6.07 Å². The van der Waals surface area contributed by atoms with Gasteiger partial charge >= 0.3 is 0 Å². The Balaban J connectivity index is 2.23. The molecule has 98 valence electrons. The molecule has 6 heteroatoms. The van der Waals surface area contributed by atoms with E-state index >= 15 is 0 Å². The maximum atomic E-state index is 13.6. The largest absolute Gasteiger partial charge is 0.322 e. The lowest BCUT2D eigenvalue weighted by Gasteiger charge is -2.07. The second kappa shape index (κ2) is 5.67. The van der Waals surface area contributed by atoms with Crippen LogP contribution in [0, 0.1) is 11.6 Å². The number of rotatable bonds is 2. The highest BCUT2D eigenvalue weighted by Crippen LogP contribution is 2.21. The van der Waals surface area contributed by atoms with E-state index in [0.29, 0.717) is 10.2 Å². The molecule has 0 aliphatic carbocycles. The van der Waals surface area contributed by atoms with E-state index in [1.54, 1.807) is 6.07 Å². The fraction of sp³-hybridized carbons (Fsp3) is 0. The Morgan fingerprint density at radius 1 is 1.11 bits per heavy atom. The Morgan fingerprint density at radius 2 is 1.84 bits per heavy atom. The van der Waals surface area contributed by atoms with Crippen LogP contribution in [0.25, 0.3) is 0 Å². The summed E-state index contributed by atoms with van der Waals surface area (Å²) in [4.78, 5) is 11.8. The first-order valence-electron chi connectivity index (χ1n) is 5.19. The SMILES string of the molecule is O=C(Nc1ccc(F)c(Cl)c1)c1ccc(Br)cc1F. The fourth-order valence-corrected chi connectivity index (χ4v) is 1.96. The molecule has 0 bridgehead atoms. The zero-order chi connectivity index (χ0) is 14.0. The van der Waals surface area contributed by atoms with Crippen LogP contribution < -0.4 is 5.32 Å². The molecule has 0 saturated heterocycles. The van der Waals surface area contributed by atoms with E-state index in [4.69, 9.17) is 11.6 Å². The van der Waals surface area contributed by atoms with Crippen LogP contribution in [0.2, 0.25) is 5.02 Å². The summed E-state index contributed by atoms with van der Waals surface area (Å²) in [5, 5.41) is 2.32. The second-order valence-electron chi connectivity index (χ2n) is 3.71. The molecule has 0 aliphatic rings. The third kappa shape index (κ3) is 3.30. The minimum atomic E-state index is -0.653. The minimum Gasteiger partial charge on any atom is -0.322 e. The summed E-state index contributed by atoms with van der Waals surface area (Å²) in [5.41, 5.74) is 0.183. The average molecular weight is 347 g/mol. The van der Waals surface area contributed by atoms with Gasteiger partial charge in [-0.3, -0.25) is 4.79 Å². The summed E-state index contributed by atoms with van der Waals surface area (Å²) in [7, 11) is 0. The van der Waals surface area contributed by atoms with Crippen molar-refractivity contribution in [3.8, 4) is 0 Å². The van der Waals surface area contributed by atoms with Crippen LogP contribution in [0.5, 0.6) is 0 Å². The van der Waals surface area contributed by atoms with Crippen LogP contribution in [0.4, 0.5) is 14.5 Å². The molecule has 1 N–H and O–H groups in total. The molecule has 0 saturated carbocycles. The van der Waals surface area contributed by atoms with Crippen molar-refractivity contribution in [3.05, 3.63) is 63.1 Å². The van der Waals surface area contributed by atoms with Crippen molar-refractivity contribution in [2.24, 2.45) is 0 Å². The van der Waals surface area contributed by atoms with Crippen LogP contribution in [0.1, 0.15) is 10.4 Å². The number of hydrogen-bond donors (Lipinski definition) is 1. The Morgan fingerprint density at radius 3 is 2.47 bits per heavy atom. The summed E-state index contributed by atoms with van der Waals surface area (Å²) in [6.07, 6.45) is 0. The van der Waals surface area contributed by atoms with Crippen molar-refractivity contribution in [3.63, 3.8) is 0 Å². The van der Waals surface area contributed by atoms with Gasteiger partial charge < -0.3 is 5.32 Å². The zero-order valence-electron chi connectivity index (χ0n) is 9.38. The highest BCUT2D eigenvalue weighted by molar-refractivity contribution is 9.10. The van der Waals surface area contributed by atoms with E-state index in [1.807, 2.05) is 0 Å². The quantitative estimate of drug-likeness (QED) is 0.844. The summed E-state index contributed by atoms with van der Waals surface area (Å²) < 4.78 is 27.1. The van der Waals surface area contributed by atoms with Crippen LogP contribution in [0.3, 0.4) is 0 Å². The zero-order valence-corrected chi connectivity index (χ0v) is 11.7. The van der Waals surface area contributed by atoms with Gasteiger partial charge in [0, 0.05) is 10.2 Å². The first-order chi connectivity index (χ1) is 8.97. The van der Waals surface area contributed by atoms with Crippen molar-refractivity contribution in [2.75, 3.05) is 5.32 Å². The molecule has 2 aromatic carbocycles. The molecule has 2 rings (SSSR count). The number of carbonyl (C=O) groups is 1. The second-order valence-corrected chi connectivity index (χ2v) is 5.03. The van der Waals surface area contributed by atoms with Crippen LogP contribution in [-0.2, 0) is 0 Å². The van der Waals surface area contributed by atoms with E-state index < -0.39 is 17.5 Å². The van der Waals surface area contributed by atoms with Crippen molar-refractivity contribution in [1.82, 2.24) is 0 Å². The lowest BCUT2D eigenvalue weighted by atomic mass is 10.2. The Bertz CT molecular complexity index is 649. The average Bonchev–Trinajstić information content (AvgIpc) is 2.33. The van der Waals surface area contributed by atoms with Crippen LogP contribution in [0.15, 0.2) is 40.9 Å². The highest BCUT2D eigenvalue weighted by Gasteiger charge is 2.12. The van der Waals surface area contributed by atoms with E-state index in [-0.39, 0.29) is 10.6 Å². The minimum absolute atomic E-state index is 0.108. The number of carbonyl (C=O) groups excluding carboxylic acids is 1. The Hall–Kier alpha value is -1.46. The molecule has 0 aromatic heterocycles. The molecule has 19 heavy (non-hydrogen) atoms. The molecule has 0 unspecified atom stereocenters. The van der Waals surface area contributed by atoms with Crippen LogP contribution >= 0.6 is 27.5 Å². The fourth-order valence-electron chi connectivity index (χ4n) is 1.45. The lowest BCUT2D eigenvalue weighted by molar-refractivity contribution is 0.102. The molecular formula is C13H7BrClF2NO. The number of hydrogen-bond acceptors (Lipinski definition) is 1. The van der Waals surface area contributed by atoms with E-state index in [9.17, 15) is 13.6 Å². The van der Waals surface area contributed by atoms with E-state index in [1.165, 1.54) is 24.3 Å². The van der Waals surface area contributed by atoms with Gasteiger partial charge in [0.15, 0.2) is 0 Å². The molecule has 0 heterocycles. The van der Waals surface area contributed by atoms with Crippen LogP contribution in [-0.4, -0.2) is 5.91 Å². The van der Waals surface area contributed by atoms with Gasteiger partial charge in [-0.15, -0.1) is 0 Å². The van der Waals surface area contributed by atoms with Gasteiger partial charge in [-0.05, 0) is 36.4 Å². The standard InChI is InChI=1S/C13H7BrClF2NO/c14-7-1-3-9(12(17)5-7)13(19)18-8-2-4-11(16)10(15)6-8/h1-6H,(H,18,19). The van der Waals surface area contributed by atoms with Crippen molar-refractivity contribution in [2.45, 2.75) is 0 Å². The predicted molar refractivity (Wildman–Crippen MR) is 73.5 cm³/mol. The van der Waals surface area contributed by atoms with Gasteiger partial charge in [0.05, 0.1) is 10.6 Å². The summed E-state index contributed by atoms with van der Waals surface area (Å²) in [6.45, 7) is 0. The molecule has 1 amide bonds. The maximum absolute atomic E-state index is 13.6. The topological polar surface area (TPSA) is 29.1 Å². The predicted octanol–water partition coefficient (Wildman–Crippen LogP) is 4.63. The molecule has 2 nitrogen and oxygen atoms in total. The van der Waals surface area contributed by atoms with Gasteiger partial charge in [-0.2, -0.15) is 0 Å². The van der Waals surface area contributed by atoms with Crippen molar-refractivity contribution >= 4 is 39.1 Å². The first-order valence-corrected chi connectivity index (χ1v) is 6.36. The number of amides is 1. The highest BCUT2D eigenvalue weighted by atomic mass is 79.9. The molecule has 0 aliphatic heterocycles. The van der Waals surface area contributed by atoms with E-state index in [2.05, 4.69) is 21.2 Å². The lowest BCUT2D eigenvalue weighted by Crippen LogP contribution is -2.13. The molecule has 0 fully saturated rings. The first kappa shape index (κ1) is 14.0. The van der Waals surface area contributed by atoms with Crippen molar-refractivity contribution in [1.29, 1.82) is 0 Å². The maximum Gasteiger partial charge on any atom is 0.258 e. The molecule has 0 atom stereocenters. The third-order valence-corrected chi connectivity index (χ3v) is 3.14. The van der Waals surface area contributed by atoms with Gasteiger partial charge in [-0.25, -0.2) is 8.78 Å². The molecular weight excluding hydrogens is 340 g/mol. The normalized spacial score (nSPS) is 10.3. The Kier molecular flexibility index (Phi) is 4.17. The number of benzene rings is 2. The molecule has 0 spiro atoms. The smallest absolute Gasteiger partial charge is 0.258 e. The summed E-state index contributed by atoms with van der Waals surface area (Å²) >= 11 is 8.69. The third-order valence-electron chi connectivity index (χ3n) is 2.35. The molecule has 2 aromatic rings. The summed E-state index contributed by atoms with van der Waals surface area (Å²) in [5.74, 6) is -1.87. The molecule has 0 radical (unpaired) electrons. The number of anilines is 1. The van der Waals surface area contributed by atoms with Gasteiger partial charge in [0.25, 0.3) is 5.91 Å². The Labute approximate surface area is 121 Å². The van der Waals surface area contributed by atoms with Gasteiger partial charge in [0.1, 0.15) is 11.6 Å². The summed E-state index contributed by atoms with van der Waals surface area (Å²) in [6, 6.07) is 7.80. The van der Waals surface area contributed by atoms with Gasteiger partial charge in [0.2, 0.25) is 0 Å². The monoisotopic (exact) mass is 345 g/mol. The number of nitrogens with one attached hydrogen (secondary N) is 1. The number of halogens is 4. The van der Waals surface area contributed by atoms with Crippen molar-refractivity contribution < 1.29 is 13.6 Å².